The predicted octanol–water partition coefficient (Wildman–Crippen LogP) is 1.96. The molecule has 0 fully saturated rings. The Morgan fingerprint density at radius 3 is 3.00 bits per heavy atom. The molecule has 3 rings (SSSR count). The molecule has 0 atom stereocenters. The minimum Gasteiger partial charge on any atom is -0.477 e. The van der Waals surface area contributed by atoms with E-state index >= 15 is 0 Å². The van der Waals surface area contributed by atoms with Crippen molar-refractivity contribution in [3.8, 4) is 11.5 Å². The second kappa shape index (κ2) is 3.69. The van der Waals surface area contributed by atoms with Crippen LogP contribution in [0.2, 0.25) is 0 Å². The van der Waals surface area contributed by atoms with Gasteiger partial charge in [-0.15, -0.1) is 0 Å². The van der Waals surface area contributed by atoms with E-state index in [0.717, 1.165) is 16.6 Å². The second-order valence-electron chi connectivity index (χ2n) is 4.04. The van der Waals surface area contributed by atoms with Crippen molar-refractivity contribution in [2.45, 2.75) is 6.92 Å². The zero-order valence-corrected chi connectivity index (χ0v) is 9.56. The SMILES string of the molecule is Cc1ccc2nc(-c3nc[nH]c3C(=O)O)[nH]c2c1. The zero-order valence-electron chi connectivity index (χ0n) is 9.56. The third-order valence-corrected chi connectivity index (χ3v) is 2.71. The lowest BCUT2D eigenvalue weighted by atomic mass is 10.2. The molecular weight excluding hydrogens is 232 g/mol. The molecule has 0 amide bonds. The Kier molecular flexibility index (Phi) is 2.16. The Labute approximate surface area is 102 Å². The summed E-state index contributed by atoms with van der Waals surface area (Å²) in [5.74, 6) is -0.603. The van der Waals surface area contributed by atoms with Crippen LogP contribution < -0.4 is 0 Å². The summed E-state index contributed by atoms with van der Waals surface area (Å²) < 4.78 is 0. The number of fused-ring (bicyclic) bond motifs is 1. The van der Waals surface area contributed by atoms with Gasteiger partial charge in [0.15, 0.2) is 11.5 Å². The standard InChI is InChI=1S/C12H10N4O2/c1-6-2-3-7-8(4-6)16-11(15-7)9-10(12(17)18)14-5-13-9/h2-5H,1H3,(H,13,14)(H,15,16)(H,17,18). The lowest BCUT2D eigenvalue weighted by molar-refractivity contribution is 0.0692. The lowest BCUT2D eigenvalue weighted by Crippen LogP contribution is -1.99. The average Bonchev–Trinajstić information content (AvgIpc) is 2.93. The topological polar surface area (TPSA) is 94.7 Å². The van der Waals surface area contributed by atoms with E-state index < -0.39 is 5.97 Å². The van der Waals surface area contributed by atoms with Crippen LogP contribution in [0.15, 0.2) is 24.5 Å². The maximum absolute atomic E-state index is 11.0. The molecular formula is C12H10N4O2. The van der Waals surface area contributed by atoms with Crippen molar-refractivity contribution in [2.24, 2.45) is 0 Å². The zero-order chi connectivity index (χ0) is 12.7. The maximum atomic E-state index is 11.0. The highest BCUT2D eigenvalue weighted by Gasteiger charge is 2.17. The molecule has 0 saturated heterocycles. The summed E-state index contributed by atoms with van der Waals surface area (Å²) in [5.41, 5.74) is 3.11. The van der Waals surface area contributed by atoms with Crippen molar-refractivity contribution in [1.82, 2.24) is 19.9 Å². The maximum Gasteiger partial charge on any atom is 0.354 e. The summed E-state index contributed by atoms with van der Waals surface area (Å²) in [4.78, 5) is 25.0. The molecule has 6 heteroatoms. The van der Waals surface area contributed by atoms with E-state index in [1.807, 2.05) is 25.1 Å². The lowest BCUT2D eigenvalue weighted by Gasteiger charge is -1.92. The van der Waals surface area contributed by atoms with Gasteiger partial charge in [-0.1, -0.05) is 6.07 Å². The Morgan fingerprint density at radius 1 is 1.39 bits per heavy atom. The number of hydrogen-bond acceptors (Lipinski definition) is 3. The first-order valence-corrected chi connectivity index (χ1v) is 5.38. The molecule has 3 aromatic rings. The van der Waals surface area contributed by atoms with Crippen LogP contribution in [0.4, 0.5) is 0 Å². The number of carboxylic acids is 1. The molecule has 0 radical (unpaired) electrons. The van der Waals surface area contributed by atoms with Crippen LogP contribution in [0.3, 0.4) is 0 Å². The third-order valence-electron chi connectivity index (χ3n) is 2.71. The van der Waals surface area contributed by atoms with Crippen LogP contribution in [0, 0.1) is 6.92 Å². The van der Waals surface area contributed by atoms with Crippen molar-refractivity contribution >= 4 is 17.0 Å². The van der Waals surface area contributed by atoms with Gasteiger partial charge in [-0.05, 0) is 24.6 Å². The summed E-state index contributed by atoms with van der Waals surface area (Å²) in [6.07, 6.45) is 1.34. The number of carbonyl (C=O) groups is 1. The molecule has 3 N–H and O–H groups in total. The van der Waals surface area contributed by atoms with Crippen molar-refractivity contribution in [3.63, 3.8) is 0 Å². The highest BCUT2D eigenvalue weighted by molar-refractivity contribution is 5.92. The summed E-state index contributed by atoms with van der Waals surface area (Å²) in [5, 5.41) is 9.02. The molecule has 0 aliphatic carbocycles. The largest absolute Gasteiger partial charge is 0.477 e. The molecule has 2 heterocycles. The number of nitrogens with zero attached hydrogens (tertiary/aromatic N) is 2. The fourth-order valence-corrected chi connectivity index (χ4v) is 1.87. The molecule has 2 aromatic heterocycles. The van der Waals surface area contributed by atoms with Crippen LogP contribution in [0.25, 0.3) is 22.6 Å². The number of imidazole rings is 2. The van der Waals surface area contributed by atoms with E-state index in [1.54, 1.807) is 0 Å². The van der Waals surface area contributed by atoms with Crippen LogP contribution in [0.5, 0.6) is 0 Å². The minimum absolute atomic E-state index is 0.0331. The molecule has 90 valence electrons. The third kappa shape index (κ3) is 1.55. The van der Waals surface area contributed by atoms with Gasteiger partial charge in [0.1, 0.15) is 5.69 Å². The van der Waals surface area contributed by atoms with Crippen LogP contribution >= 0.6 is 0 Å². The minimum atomic E-state index is -1.06. The molecule has 0 bridgehead atoms. The first kappa shape index (κ1) is 10.5. The van der Waals surface area contributed by atoms with Gasteiger partial charge in [0.25, 0.3) is 0 Å². The number of H-pyrrole nitrogens is 2. The van der Waals surface area contributed by atoms with Gasteiger partial charge in [0.2, 0.25) is 0 Å². The number of benzene rings is 1. The first-order chi connectivity index (χ1) is 8.65. The van der Waals surface area contributed by atoms with Gasteiger partial charge < -0.3 is 15.1 Å². The average molecular weight is 242 g/mol. The summed E-state index contributed by atoms with van der Waals surface area (Å²) >= 11 is 0. The number of hydrogen-bond donors (Lipinski definition) is 3. The summed E-state index contributed by atoms with van der Waals surface area (Å²) in [7, 11) is 0. The summed E-state index contributed by atoms with van der Waals surface area (Å²) in [6, 6.07) is 5.80. The van der Waals surface area contributed by atoms with Crippen LogP contribution in [0.1, 0.15) is 16.1 Å². The fraction of sp³-hybridized carbons (Fsp3) is 0.0833. The highest BCUT2D eigenvalue weighted by Crippen LogP contribution is 2.21. The highest BCUT2D eigenvalue weighted by atomic mass is 16.4. The molecule has 0 unspecified atom stereocenters. The van der Waals surface area contributed by atoms with Gasteiger partial charge in [0, 0.05) is 0 Å². The number of rotatable bonds is 2. The Bertz CT molecular complexity index is 741. The normalized spacial score (nSPS) is 10.9. The number of carboxylic acid groups (broad SMARTS) is 1. The van der Waals surface area contributed by atoms with Crippen molar-refractivity contribution in [1.29, 1.82) is 0 Å². The van der Waals surface area contributed by atoms with E-state index in [-0.39, 0.29) is 5.69 Å². The summed E-state index contributed by atoms with van der Waals surface area (Å²) in [6.45, 7) is 1.98. The van der Waals surface area contributed by atoms with Gasteiger partial charge >= 0.3 is 5.97 Å². The second-order valence-corrected chi connectivity index (χ2v) is 4.04. The number of nitrogens with one attached hydrogen (secondary N) is 2. The Balaban J connectivity index is 2.19. The molecule has 18 heavy (non-hydrogen) atoms. The molecule has 6 nitrogen and oxygen atoms in total. The van der Waals surface area contributed by atoms with Crippen molar-refractivity contribution in [2.75, 3.05) is 0 Å². The number of aromatic nitrogens is 4. The molecule has 0 spiro atoms. The Hall–Kier alpha value is -2.63. The van der Waals surface area contributed by atoms with Gasteiger partial charge in [0.05, 0.1) is 17.4 Å². The number of aromatic amines is 2. The van der Waals surface area contributed by atoms with E-state index in [4.69, 9.17) is 5.11 Å². The van der Waals surface area contributed by atoms with Crippen LogP contribution in [-0.2, 0) is 0 Å². The number of aryl methyl sites for hydroxylation is 1. The van der Waals surface area contributed by atoms with Gasteiger partial charge in [-0.25, -0.2) is 14.8 Å². The smallest absolute Gasteiger partial charge is 0.354 e. The molecule has 1 aromatic carbocycles. The molecule has 0 saturated carbocycles. The van der Waals surface area contributed by atoms with E-state index in [9.17, 15) is 4.79 Å². The fourth-order valence-electron chi connectivity index (χ4n) is 1.87. The Morgan fingerprint density at radius 2 is 2.22 bits per heavy atom. The van der Waals surface area contributed by atoms with Gasteiger partial charge in [-0.2, -0.15) is 0 Å². The predicted molar refractivity (Wildman–Crippen MR) is 65.4 cm³/mol. The molecule has 0 aliphatic rings. The first-order valence-electron chi connectivity index (χ1n) is 5.38. The van der Waals surface area contributed by atoms with E-state index in [2.05, 4.69) is 19.9 Å². The van der Waals surface area contributed by atoms with Crippen LogP contribution in [-0.4, -0.2) is 31.0 Å². The molecule has 0 aliphatic heterocycles. The monoisotopic (exact) mass is 242 g/mol. The van der Waals surface area contributed by atoms with E-state index in [0.29, 0.717) is 11.5 Å². The van der Waals surface area contributed by atoms with E-state index in [1.165, 1.54) is 6.33 Å². The quantitative estimate of drug-likeness (QED) is 0.640. The van der Waals surface area contributed by atoms with Gasteiger partial charge in [-0.3, -0.25) is 0 Å². The van der Waals surface area contributed by atoms with Crippen molar-refractivity contribution in [3.05, 3.63) is 35.8 Å². The number of aromatic carboxylic acids is 1. The van der Waals surface area contributed by atoms with Crippen molar-refractivity contribution < 1.29 is 9.90 Å².